The fourth-order valence-corrected chi connectivity index (χ4v) is 3.95. The van der Waals surface area contributed by atoms with E-state index in [0.717, 1.165) is 5.56 Å². The summed E-state index contributed by atoms with van der Waals surface area (Å²) in [7, 11) is -3.19. The Hall–Kier alpha value is -1.78. The van der Waals surface area contributed by atoms with Gasteiger partial charge in [-0.25, -0.2) is 8.42 Å². The van der Waals surface area contributed by atoms with Gasteiger partial charge in [-0.15, -0.1) is 10.2 Å². The molecule has 8 nitrogen and oxygen atoms in total. The van der Waals surface area contributed by atoms with Crippen molar-refractivity contribution in [2.45, 2.75) is 12.8 Å². The van der Waals surface area contributed by atoms with Gasteiger partial charge in [0.1, 0.15) is 0 Å². The molecular formula is C14H18N4O4S2. The Labute approximate surface area is 144 Å². The van der Waals surface area contributed by atoms with E-state index in [1.165, 1.54) is 10.6 Å². The summed E-state index contributed by atoms with van der Waals surface area (Å²) in [5.74, 6) is 0.859. The molecule has 1 fully saturated rings. The molecule has 0 unspecified atom stereocenters. The molecule has 0 aliphatic carbocycles. The lowest BCUT2D eigenvalue weighted by molar-refractivity contribution is -0.132. The quantitative estimate of drug-likeness (QED) is 0.774. The summed E-state index contributed by atoms with van der Waals surface area (Å²) in [6, 6.07) is 1.90. The van der Waals surface area contributed by atoms with E-state index in [1.54, 1.807) is 16.2 Å². The van der Waals surface area contributed by atoms with Crippen molar-refractivity contribution in [2.24, 2.45) is 0 Å². The predicted octanol–water partition coefficient (Wildman–Crippen LogP) is 0.835. The number of hydrogen-bond acceptors (Lipinski definition) is 7. The number of piperazine rings is 1. The van der Waals surface area contributed by atoms with E-state index < -0.39 is 10.0 Å². The maximum Gasteiger partial charge on any atom is 0.248 e. The van der Waals surface area contributed by atoms with Gasteiger partial charge in [0.2, 0.25) is 27.7 Å². The topological polar surface area (TPSA) is 96.6 Å². The maximum absolute atomic E-state index is 12.2. The average Bonchev–Trinajstić information content (AvgIpc) is 3.23. The van der Waals surface area contributed by atoms with Crippen LogP contribution in [0.5, 0.6) is 0 Å². The summed E-state index contributed by atoms with van der Waals surface area (Å²) < 4.78 is 29.9. The number of carbonyl (C=O) groups excluding carboxylic acids is 1. The molecule has 2 aromatic rings. The largest absolute Gasteiger partial charge is 0.421 e. The van der Waals surface area contributed by atoms with Crippen LogP contribution in [-0.4, -0.2) is 66.2 Å². The molecule has 3 rings (SSSR count). The number of hydrogen-bond donors (Lipinski definition) is 0. The minimum absolute atomic E-state index is 0.0292. The Balaban J connectivity index is 1.50. The van der Waals surface area contributed by atoms with Crippen molar-refractivity contribution in [3.05, 3.63) is 22.7 Å². The van der Waals surface area contributed by atoms with Gasteiger partial charge >= 0.3 is 0 Å². The molecule has 0 aromatic carbocycles. The van der Waals surface area contributed by atoms with Gasteiger partial charge in [0, 0.05) is 50.0 Å². The molecule has 2 aromatic heterocycles. The zero-order valence-corrected chi connectivity index (χ0v) is 14.8. The Morgan fingerprint density at radius 2 is 2.04 bits per heavy atom. The molecule has 130 valence electrons. The second-order valence-corrected chi connectivity index (χ2v) is 8.32. The molecule has 0 saturated carbocycles. The molecule has 0 N–H and O–H groups in total. The van der Waals surface area contributed by atoms with Crippen LogP contribution in [0.15, 0.2) is 21.2 Å². The first-order valence-electron chi connectivity index (χ1n) is 7.51. The van der Waals surface area contributed by atoms with Crippen LogP contribution in [-0.2, 0) is 21.2 Å². The van der Waals surface area contributed by atoms with E-state index >= 15 is 0 Å². The molecule has 1 saturated heterocycles. The van der Waals surface area contributed by atoms with Crippen molar-refractivity contribution in [2.75, 3.05) is 32.4 Å². The molecule has 0 atom stereocenters. The number of rotatable bonds is 5. The molecule has 10 heteroatoms. The minimum Gasteiger partial charge on any atom is -0.421 e. The third-order valence-electron chi connectivity index (χ3n) is 3.85. The fraction of sp³-hybridized carbons (Fsp3) is 0.500. The molecule has 3 heterocycles. The lowest BCUT2D eigenvalue weighted by atomic mass is 10.2. The van der Waals surface area contributed by atoms with Gasteiger partial charge in [-0.3, -0.25) is 4.79 Å². The normalized spacial score (nSPS) is 16.5. The lowest BCUT2D eigenvalue weighted by Crippen LogP contribution is -2.50. The summed E-state index contributed by atoms with van der Waals surface area (Å²) in [6.07, 6.45) is 1.83. The van der Waals surface area contributed by atoms with Crippen molar-refractivity contribution >= 4 is 27.3 Å². The van der Waals surface area contributed by atoms with Crippen molar-refractivity contribution < 1.29 is 17.6 Å². The molecule has 0 bridgehead atoms. The van der Waals surface area contributed by atoms with Crippen molar-refractivity contribution in [3.8, 4) is 11.5 Å². The first-order chi connectivity index (χ1) is 11.4. The van der Waals surface area contributed by atoms with E-state index in [1.807, 2.05) is 16.8 Å². The zero-order valence-electron chi connectivity index (χ0n) is 13.2. The highest BCUT2D eigenvalue weighted by molar-refractivity contribution is 7.88. The minimum atomic E-state index is -3.19. The number of thiophene rings is 1. The summed E-state index contributed by atoms with van der Waals surface area (Å²) in [5, 5.41) is 11.8. The fourth-order valence-electron chi connectivity index (χ4n) is 2.50. The third kappa shape index (κ3) is 4.00. The summed E-state index contributed by atoms with van der Waals surface area (Å²) >= 11 is 1.55. The van der Waals surface area contributed by atoms with E-state index in [9.17, 15) is 13.2 Å². The van der Waals surface area contributed by atoms with Crippen LogP contribution < -0.4 is 0 Å². The number of aryl methyl sites for hydroxylation is 1. The van der Waals surface area contributed by atoms with Crippen molar-refractivity contribution in [1.29, 1.82) is 0 Å². The summed E-state index contributed by atoms with van der Waals surface area (Å²) in [5.41, 5.74) is 0.877. The zero-order chi connectivity index (χ0) is 17.2. The smallest absolute Gasteiger partial charge is 0.248 e. The second-order valence-electron chi connectivity index (χ2n) is 5.56. The highest BCUT2D eigenvalue weighted by Crippen LogP contribution is 2.21. The highest BCUT2D eigenvalue weighted by atomic mass is 32.2. The van der Waals surface area contributed by atoms with Crippen LogP contribution in [0.1, 0.15) is 12.3 Å². The van der Waals surface area contributed by atoms with Crippen molar-refractivity contribution in [3.63, 3.8) is 0 Å². The second kappa shape index (κ2) is 6.99. The predicted molar refractivity (Wildman–Crippen MR) is 88.9 cm³/mol. The summed E-state index contributed by atoms with van der Waals surface area (Å²) in [6.45, 7) is 1.51. The number of aromatic nitrogens is 2. The molecule has 24 heavy (non-hydrogen) atoms. The van der Waals surface area contributed by atoms with Gasteiger partial charge in [-0.1, -0.05) is 0 Å². The molecule has 0 radical (unpaired) electrons. The molecule has 1 aliphatic rings. The van der Waals surface area contributed by atoms with Gasteiger partial charge in [-0.05, 0) is 11.4 Å². The van der Waals surface area contributed by atoms with Crippen LogP contribution in [0.4, 0.5) is 0 Å². The third-order valence-corrected chi connectivity index (χ3v) is 5.83. The van der Waals surface area contributed by atoms with Crippen LogP contribution >= 0.6 is 11.3 Å². The highest BCUT2D eigenvalue weighted by Gasteiger charge is 2.26. The van der Waals surface area contributed by atoms with Crippen LogP contribution in [0, 0.1) is 0 Å². The Kier molecular flexibility index (Phi) is 4.97. The monoisotopic (exact) mass is 370 g/mol. The van der Waals surface area contributed by atoms with E-state index in [0.29, 0.717) is 44.4 Å². The first-order valence-corrected chi connectivity index (χ1v) is 10.3. The number of amides is 1. The molecule has 0 spiro atoms. The summed E-state index contributed by atoms with van der Waals surface area (Å²) in [4.78, 5) is 13.9. The standard InChI is InChI=1S/C14H18N4O4S2/c1-24(20,21)18-7-5-17(6-8-18)13(19)3-2-12-15-16-14(22-12)11-4-9-23-10-11/h4,9-10H,2-3,5-8H2,1H3. The van der Waals surface area contributed by atoms with E-state index in [-0.39, 0.29) is 12.3 Å². The van der Waals surface area contributed by atoms with Crippen molar-refractivity contribution in [1.82, 2.24) is 19.4 Å². The first kappa shape index (κ1) is 17.1. The van der Waals surface area contributed by atoms with Crippen LogP contribution in [0.3, 0.4) is 0 Å². The maximum atomic E-state index is 12.2. The Bertz CT molecular complexity index is 793. The Morgan fingerprint density at radius 3 is 2.67 bits per heavy atom. The van der Waals surface area contributed by atoms with Gasteiger partial charge in [-0.2, -0.15) is 15.6 Å². The number of sulfonamides is 1. The van der Waals surface area contributed by atoms with Gasteiger partial charge in [0.15, 0.2) is 0 Å². The molecule has 1 amide bonds. The SMILES string of the molecule is CS(=O)(=O)N1CCN(C(=O)CCc2nnc(-c3ccsc3)o2)CC1. The van der Waals surface area contributed by atoms with Gasteiger partial charge < -0.3 is 9.32 Å². The molecular weight excluding hydrogens is 352 g/mol. The van der Waals surface area contributed by atoms with Crippen LogP contribution in [0.25, 0.3) is 11.5 Å². The van der Waals surface area contributed by atoms with Gasteiger partial charge in [0.25, 0.3) is 0 Å². The molecule has 1 aliphatic heterocycles. The van der Waals surface area contributed by atoms with E-state index in [4.69, 9.17) is 4.42 Å². The van der Waals surface area contributed by atoms with Gasteiger partial charge in [0.05, 0.1) is 6.26 Å². The Morgan fingerprint density at radius 1 is 1.29 bits per heavy atom. The van der Waals surface area contributed by atoms with E-state index in [2.05, 4.69) is 10.2 Å². The average molecular weight is 370 g/mol. The van der Waals surface area contributed by atoms with Crippen LogP contribution in [0.2, 0.25) is 0 Å². The number of carbonyl (C=O) groups is 1. The number of nitrogens with zero attached hydrogens (tertiary/aromatic N) is 4. The lowest BCUT2D eigenvalue weighted by Gasteiger charge is -2.33.